The van der Waals surface area contributed by atoms with E-state index in [0.29, 0.717) is 9.92 Å². The topological polar surface area (TPSA) is 26.0 Å². The summed E-state index contributed by atoms with van der Waals surface area (Å²) in [7, 11) is 0. The molecule has 2 aromatic rings. The maximum atomic E-state index is 13.1. The van der Waals surface area contributed by atoms with Crippen molar-refractivity contribution in [3.05, 3.63) is 58.6 Å². The van der Waals surface area contributed by atoms with E-state index >= 15 is 0 Å². The largest absolute Gasteiger partial charge is 0.416 e. The summed E-state index contributed by atoms with van der Waals surface area (Å²) in [6, 6.07) is 11.3. The Morgan fingerprint density at radius 3 is 2.43 bits per heavy atom. The van der Waals surface area contributed by atoms with Crippen LogP contribution in [0.25, 0.3) is 0 Å². The highest BCUT2D eigenvalue weighted by molar-refractivity contribution is 7.99. The quantitative estimate of drug-likeness (QED) is 0.852. The summed E-state index contributed by atoms with van der Waals surface area (Å²) >= 11 is 7.23. The van der Waals surface area contributed by atoms with Crippen LogP contribution in [0.3, 0.4) is 0 Å². The summed E-state index contributed by atoms with van der Waals surface area (Å²) in [5, 5.41) is 0.516. The van der Waals surface area contributed by atoms with E-state index in [1.165, 1.54) is 17.8 Å². The van der Waals surface area contributed by atoms with Crippen molar-refractivity contribution in [2.75, 3.05) is 6.54 Å². The highest BCUT2D eigenvalue weighted by Crippen LogP contribution is 2.38. The van der Waals surface area contributed by atoms with Gasteiger partial charge >= 0.3 is 6.18 Å². The van der Waals surface area contributed by atoms with Gasteiger partial charge in [0.25, 0.3) is 0 Å². The van der Waals surface area contributed by atoms with Crippen LogP contribution in [0.5, 0.6) is 0 Å². The van der Waals surface area contributed by atoms with Gasteiger partial charge in [0, 0.05) is 9.79 Å². The fourth-order valence-corrected chi connectivity index (χ4v) is 3.04. The molecule has 2 aromatic carbocycles. The van der Waals surface area contributed by atoms with Gasteiger partial charge in [0.2, 0.25) is 0 Å². The van der Waals surface area contributed by atoms with Gasteiger partial charge in [0.05, 0.1) is 10.6 Å². The second-order valence-electron chi connectivity index (χ2n) is 4.39. The van der Waals surface area contributed by atoms with Crippen LogP contribution in [0.4, 0.5) is 13.2 Å². The summed E-state index contributed by atoms with van der Waals surface area (Å²) < 4.78 is 39.3. The molecular formula is C15H13ClF3NS. The van der Waals surface area contributed by atoms with Gasteiger partial charge in [-0.1, -0.05) is 41.6 Å². The van der Waals surface area contributed by atoms with Crippen LogP contribution in [-0.2, 0) is 12.6 Å². The average molecular weight is 332 g/mol. The summed E-state index contributed by atoms with van der Waals surface area (Å²) in [5.41, 5.74) is 4.95. The van der Waals surface area contributed by atoms with E-state index in [0.717, 1.165) is 11.0 Å². The number of rotatable bonds is 4. The third-order valence-electron chi connectivity index (χ3n) is 2.86. The first kappa shape index (κ1) is 16.2. The van der Waals surface area contributed by atoms with Crippen molar-refractivity contribution in [3.63, 3.8) is 0 Å². The summed E-state index contributed by atoms with van der Waals surface area (Å²) in [5.74, 6) is 0. The molecule has 2 rings (SSSR count). The highest BCUT2D eigenvalue weighted by atomic mass is 35.5. The van der Waals surface area contributed by atoms with Gasteiger partial charge in [-0.3, -0.25) is 0 Å². The van der Waals surface area contributed by atoms with Gasteiger partial charge < -0.3 is 5.73 Å². The van der Waals surface area contributed by atoms with E-state index in [9.17, 15) is 13.2 Å². The molecule has 0 amide bonds. The van der Waals surface area contributed by atoms with Crippen molar-refractivity contribution in [2.45, 2.75) is 22.4 Å². The van der Waals surface area contributed by atoms with Crippen LogP contribution in [0, 0.1) is 0 Å². The average Bonchev–Trinajstić information content (AvgIpc) is 2.42. The second-order valence-corrected chi connectivity index (χ2v) is 5.91. The SMILES string of the molecule is NCCc1ccc(Sc2ccccc2Cl)cc1C(F)(F)F. The Labute approximate surface area is 130 Å². The number of alkyl halides is 3. The highest BCUT2D eigenvalue weighted by Gasteiger charge is 2.33. The minimum Gasteiger partial charge on any atom is -0.330 e. The zero-order valence-electron chi connectivity index (χ0n) is 11.0. The standard InChI is InChI=1S/C15H13ClF3NS/c16-13-3-1-2-4-14(13)21-11-6-5-10(7-8-20)12(9-11)15(17,18)19/h1-6,9H,7-8,20H2. The second kappa shape index (κ2) is 6.73. The van der Waals surface area contributed by atoms with Crippen molar-refractivity contribution < 1.29 is 13.2 Å². The van der Waals surface area contributed by atoms with E-state index in [2.05, 4.69) is 0 Å². The van der Waals surface area contributed by atoms with Crippen LogP contribution in [-0.4, -0.2) is 6.54 Å². The lowest BCUT2D eigenvalue weighted by molar-refractivity contribution is -0.138. The maximum absolute atomic E-state index is 13.1. The summed E-state index contributed by atoms with van der Waals surface area (Å²) in [6.45, 7) is 0.181. The predicted octanol–water partition coefficient (Wildman–Crippen LogP) is 5.01. The molecule has 0 aliphatic rings. The van der Waals surface area contributed by atoms with Crippen LogP contribution in [0.2, 0.25) is 5.02 Å². The monoisotopic (exact) mass is 331 g/mol. The fraction of sp³-hybridized carbons (Fsp3) is 0.200. The first-order valence-corrected chi connectivity index (χ1v) is 7.44. The van der Waals surface area contributed by atoms with Crippen LogP contribution in [0.15, 0.2) is 52.3 Å². The van der Waals surface area contributed by atoms with Crippen molar-refractivity contribution in [3.8, 4) is 0 Å². The molecule has 2 N–H and O–H groups in total. The lowest BCUT2D eigenvalue weighted by Gasteiger charge is -2.14. The first-order valence-electron chi connectivity index (χ1n) is 6.24. The molecule has 0 spiro atoms. The van der Waals surface area contributed by atoms with Crippen LogP contribution < -0.4 is 5.73 Å². The third kappa shape index (κ3) is 4.15. The predicted molar refractivity (Wildman–Crippen MR) is 79.8 cm³/mol. The van der Waals surface area contributed by atoms with Gasteiger partial charge in [-0.2, -0.15) is 13.2 Å². The van der Waals surface area contributed by atoms with Gasteiger partial charge in [0.15, 0.2) is 0 Å². The van der Waals surface area contributed by atoms with Gasteiger partial charge in [-0.05, 0) is 42.8 Å². The summed E-state index contributed by atoms with van der Waals surface area (Å²) in [4.78, 5) is 1.22. The third-order valence-corrected chi connectivity index (χ3v) is 4.37. The Morgan fingerprint density at radius 2 is 1.81 bits per heavy atom. The molecule has 0 aromatic heterocycles. The molecule has 0 aliphatic heterocycles. The molecule has 21 heavy (non-hydrogen) atoms. The molecule has 0 atom stereocenters. The molecular weight excluding hydrogens is 319 g/mol. The molecule has 0 bridgehead atoms. The van der Waals surface area contributed by atoms with Gasteiger partial charge in [0.1, 0.15) is 0 Å². The molecule has 0 saturated heterocycles. The smallest absolute Gasteiger partial charge is 0.330 e. The van der Waals surface area contributed by atoms with Crippen molar-refractivity contribution in [1.82, 2.24) is 0 Å². The van der Waals surface area contributed by atoms with Crippen LogP contribution >= 0.6 is 23.4 Å². The zero-order chi connectivity index (χ0) is 15.5. The van der Waals surface area contributed by atoms with Gasteiger partial charge in [-0.15, -0.1) is 0 Å². The Morgan fingerprint density at radius 1 is 1.10 bits per heavy atom. The first-order chi connectivity index (χ1) is 9.91. The fourth-order valence-electron chi connectivity index (χ4n) is 1.91. The van der Waals surface area contributed by atoms with Crippen molar-refractivity contribution in [2.24, 2.45) is 5.73 Å². The molecule has 112 valence electrons. The lowest BCUT2D eigenvalue weighted by atomic mass is 10.0. The Kier molecular flexibility index (Phi) is 5.19. The number of nitrogens with two attached hydrogens (primary N) is 1. The van der Waals surface area contributed by atoms with Crippen LogP contribution in [0.1, 0.15) is 11.1 Å². The zero-order valence-corrected chi connectivity index (χ0v) is 12.5. The molecule has 0 saturated carbocycles. The van der Waals surface area contributed by atoms with Crippen molar-refractivity contribution >= 4 is 23.4 Å². The van der Waals surface area contributed by atoms with Gasteiger partial charge in [-0.25, -0.2) is 0 Å². The Bertz CT molecular complexity index is 629. The van der Waals surface area contributed by atoms with Crippen molar-refractivity contribution in [1.29, 1.82) is 0 Å². The van der Waals surface area contributed by atoms with E-state index in [-0.39, 0.29) is 18.5 Å². The number of hydrogen-bond acceptors (Lipinski definition) is 2. The van der Waals surface area contributed by atoms with E-state index in [1.807, 2.05) is 0 Å². The summed E-state index contributed by atoms with van der Waals surface area (Å²) in [6.07, 6.45) is -4.19. The number of hydrogen-bond donors (Lipinski definition) is 1. The molecule has 0 unspecified atom stereocenters. The molecule has 0 aliphatic carbocycles. The minimum atomic E-state index is -4.39. The number of benzene rings is 2. The van der Waals surface area contributed by atoms with E-state index in [4.69, 9.17) is 17.3 Å². The molecule has 6 heteroatoms. The van der Waals surface area contributed by atoms with E-state index < -0.39 is 11.7 Å². The van der Waals surface area contributed by atoms with E-state index in [1.54, 1.807) is 30.3 Å². The number of halogens is 4. The molecule has 0 fully saturated rings. The minimum absolute atomic E-state index is 0.181. The normalized spacial score (nSPS) is 11.7. The molecule has 0 radical (unpaired) electrons. The lowest BCUT2D eigenvalue weighted by Crippen LogP contribution is -2.12. The maximum Gasteiger partial charge on any atom is 0.416 e. The Balaban J connectivity index is 2.36. The molecule has 1 nitrogen and oxygen atoms in total. The Hall–Kier alpha value is -1.17. The molecule has 0 heterocycles.